The third kappa shape index (κ3) is 9.73. The van der Waals surface area contributed by atoms with Crippen molar-refractivity contribution >= 4 is 5.97 Å². The molecule has 0 heterocycles. The van der Waals surface area contributed by atoms with Gasteiger partial charge in [-0.3, -0.25) is 4.79 Å². The minimum absolute atomic E-state index is 0.720. The fourth-order valence-electron chi connectivity index (χ4n) is 2.04. The molecule has 15 heavy (non-hydrogen) atoms. The van der Waals surface area contributed by atoms with Gasteiger partial charge in [-0.2, -0.15) is 0 Å². The van der Waals surface area contributed by atoms with Crippen LogP contribution in [0.5, 0.6) is 0 Å². The molecule has 1 fully saturated rings. The van der Waals surface area contributed by atoms with Crippen LogP contribution in [-0.2, 0) is 4.79 Å². The summed E-state index contributed by atoms with van der Waals surface area (Å²) in [5.41, 5.74) is 0. The molecule has 1 aliphatic carbocycles. The number of carboxylic acids is 1. The Morgan fingerprint density at radius 3 is 2.27 bits per heavy atom. The van der Waals surface area contributed by atoms with Gasteiger partial charge in [0.05, 0.1) is 0 Å². The first-order chi connectivity index (χ1) is 7.06. The van der Waals surface area contributed by atoms with E-state index < -0.39 is 5.97 Å². The second-order valence-corrected chi connectivity index (χ2v) is 4.45. The number of carboxylic acid groups (broad SMARTS) is 1. The zero-order valence-electron chi connectivity index (χ0n) is 10.3. The maximum Gasteiger partial charge on any atom is 0.300 e. The van der Waals surface area contributed by atoms with Crippen molar-refractivity contribution in [1.29, 1.82) is 0 Å². The lowest BCUT2D eigenvalue weighted by atomic mass is 9.85. The summed E-state index contributed by atoms with van der Waals surface area (Å²) in [6, 6.07) is 0.720. The SMILES string of the molecule is CC(=O)O.CNC(C)CC1CCCCC1. The summed E-state index contributed by atoms with van der Waals surface area (Å²) >= 11 is 0. The van der Waals surface area contributed by atoms with Gasteiger partial charge in [0.15, 0.2) is 0 Å². The highest BCUT2D eigenvalue weighted by Gasteiger charge is 2.14. The van der Waals surface area contributed by atoms with E-state index in [1.54, 1.807) is 0 Å². The minimum Gasteiger partial charge on any atom is -0.481 e. The van der Waals surface area contributed by atoms with Gasteiger partial charge in [0, 0.05) is 13.0 Å². The first-order valence-electron chi connectivity index (χ1n) is 5.93. The normalized spacial score (nSPS) is 18.9. The van der Waals surface area contributed by atoms with Gasteiger partial charge >= 0.3 is 0 Å². The van der Waals surface area contributed by atoms with E-state index in [0.29, 0.717) is 0 Å². The number of carbonyl (C=O) groups is 1. The standard InChI is InChI=1S/C10H21N.C2H4O2/c1-9(11-2)8-10-6-4-3-5-7-10;1-2(3)4/h9-11H,3-8H2,1-2H3;1H3,(H,3,4). The Morgan fingerprint density at radius 1 is 1.40 bits per heavy atom. The van der Waals surface area contributed by atoms with E-state index in [9.17, 15) is 0 Å². The first kappa shape index (κ1) is 14.4. The predicted molar refractivity (Wildman–Crippen MR) is 63.0 cm³/mol. The van der Waals surface area contributed by atoms with Gasteiger partial charge in [0.1, 0.15) is 0 Å². The highest BCUT2D eigenvalue weighted by Crippen LogP contribution is 2.26. The largest absolute Gasteiger partial charge is 0.481 e. The van der Waals surface area contributed by atoms with Crippen LogP contribution in [0.3, 0.4) is 0 Å². The third-order valence-electron chi connectivity index (χ3n) is 2.90. The molecule has 1 unspecified atom stereocenters. The summed E-state index contributed by atoms with van der Waals surface area (Å²) < 4.78 is 0. The van der Waals surface area contributed by atoms with Crippen LogP contribution in [0.25, 0.3) is 0 Å². The van der Waals surface area contributed by atoms with Crippen LogP contribution < -0.4 is 5.32 Å². The Balaban J connectivity index is 0.000000423. The number of hydrogen-bond acceptors (Lipinski definition) is 2. The molecule has 3 heteroatoms. The van der Waals surface area contributed by atoms with Crippen molar-refractivity contribution in [2.75, 3.05) is 7.05 Å². The van der Waals surface area contributed by atoms with Crippen LogP contribution in [-0.4, -0.2) is 24.2 Å². The number of nitrogens with one attached hydrogen (secondary N) is 1. The Kier molecular flexibility index (Phi) is 8.38. The average molecular weight is 215 g/mol. The molecule has 0 amide bonds. The third-order valence-corrected chi connectivity index (χ3v) is 2.90. The quantitative estimate of drug-likeness (QED) is 0.761. The summed E-state index contributed by atoms with van der Waals surface area (Å²) in [6.07, 6.45) is 8.77. The molecule has 0 bridgehead atoms. The molecule has 0 aromatic heterocycles. The van der Waals surface area contributed by atoms with Crippen molar-refractivity contribution in [1.82, 2.24) is 5.32 Å². The van der Waals surface area contributed by atoms with E-state index in [1.165, 1.54) is 38.5 Å². The molecule has 2 N–H and O–H groups in total. The van der Waals surface area contributed by atoms with E-state index in [-0.39, 0.29) is 0 Å². The molecule has 1 saturated carbocycles. The molecule has 90 valence electrons. The molecule has 0 spiro atoms. The molecular weight excluding hydrogens is 190 g/mol. The monoisotopic (exact) mass is 215 g/mol. The van der Waals surface area contributed by atoms with Crippen LogP contribution in [0.2, 0.25) is 0 Å². The second kappa shape index (κ2) is 8.72. The van der Waals surface area contributed by atoms with Gasteiger partial charge in [-0.25, -0.2) is 0 Å². The fraction of sp³-hybridized carbons (Fsp3) is 0.917. The van der Waals surface area contributed by atoms with E-state index in [0.717, 1.165) is 18.9 Å². The zero-order chi connectivity index (χ0) is 11.7. The van der Waals surface area contributed by atoms with Gasteiger partial charge in [0.25, 0.3) is 5.97 Å². The average Bonchev–Trinajstić information content (AvgIpc) is 2.18. The van der Waals surface area contributed by atoms with Gasteiger partial charge in [-0.15, -0.1) is 0 Å². The first-order valence-corrected chi connectivity index (χ1v) is 5.93. The topological polar surface area (TPSA) is 49.3 Å². The van der Waals surface area contributed by atoms with E-state index in [1.807, 2.05) is 0 Å². The van der Waals surface area contributed by atoms with Crippen LogP contribution in [0, 0.1) is 5.92 Å². The molecule has 0 radical (unpaired) electrons. The Morgan fingerprint density at radius 2 is 1.87 bits per heavy atom. The number of hydrogen-bond donors (Lipinski definition) is 2. The summed E-state index contributed by atoms with van der Waals surface area (Å²) in [7, 11) is 2.06. The maximum atomic E-state index is 9.00. The van der Waals surface area contributed by atoms with Crippen molar-refractivity contribution in [2.45, 2.75) is 58.4 Å². The van der Waals surface area contributed by atoms with Crippen LogP contribution in [0.15, 0.2) is 0 Å². The van der Waals surface area contributed by atoms with Gasteiger partial charge in [-0.05, 0) is 26.3 Å². The number of rotatable bonds is 3. The molecule has 0 aromatic rings. The molecule has 1 atom stereocenters. The minimum atomic E-state index is -0.833. The Hall–Kier alpha value is -0.570. The molecule has 3 nitrogen and oxygen atoms in total. The Bertz CT molecular complexity index is 161. The summed E-state index contributed by atoms with van der Waals surface area (Å²) in [4.78, 5) is 9.00. The van der Waals surface area contributed by atoms with Gasteiger partial charge in [-0.1, -0.05) is 32.1 Å². The summed E-state index contributed by atoms with van der Waals surface area (Å²) in [5.74, 6) is 0.186. The fourth-order valence-corrected chi connectivity index (χ4v) is 2.04. The Labute approximate surface area is 93.3 Å². The van der Waals surface area contributed by atoms with Crippen LogP contribution in [0.1, 0.15) is 52.4 Å². The molecule has 0 aromatic carbocycles. The highest BCUT2D eigenvalue weighted by atomic mass is 16.4. The number of aliphatic carboxylic acids is 1. The lowest BCUT2D eigenvalue weighted by Gasteiger charge is -2.24. The van der Waals surface area contributed by atoms with E-state index in [4.69, 9.17) is 9.90 Å². The maximum absolute atomic E-state index is 9.00. The molecule has 1 aliphatic rings. The molecule has 1 rings (SSSR count). The van der Waals surface area contributed by atoms with Crippen LogP contribution in [0.4, 0.5) is 0 Å². The van der Waals surface area contributed by atoms with Crippen molar-refractivity contribution < 1.29 is 9.90 Å². The predicted octanol–water partition coefficient (Wildman–Crippen LogP) is 2.66. The van der Waals surface area contributed by atoms with Crippen molar-refractivity contribution in [3.05, 3.63) is 0 Å². The molecular formula is C12H25NO2. The van der Waals surface area contributed by atoms with Gasteiger partial charge < -0.3 is 10.4 Å². The van der Waals surface area contributed by atoms with Gasteiger partial charge in [0.2, 0.25) is 0 Å². The van der Waals surface area contributed by atoms with Crippen molar-refractivity contribution in [3.8, 4) is 0 Å². The van der Waals surface area contributed by atoms with E-state index >= 15 is 0 Å². The van der Waals surface area contributed by atoms with Crippen molar-refractivity contribution in [2.24, 2.45) is 5.92 Å². The highest BCUT2D eigenvalue weighted by molar-refractivity contribution is 5.62. The smallest absolute Gasteiger partial charge is 0.300 e. The molecule has 0 saturated heterocycles. The summed E-state index contributed by atoms with van der Waals surface area (Å²) in [6.45, 7) is 3.37. The lowest BCUT2D eigenvalue weighted by Crippen LogP contribution is -2.25. The zero-order valence-corrected chi connectivity index (χ0v) is 10.3. The van der Waals surface area contributed by atoms with E-state index in [2.05, 4.69) is 19.3 Å². The van der Waals surface area contributed by atoms with Crippen molar-refractivity contribution in [3.63, 3.8) is 0 Å². The van der Waals surface area contributed by atoms with Crippen LogP contribution >= 0.6 is 0 Å². The summed E-state index contributed by atoms with van der Waals surface area (Å²) in [5, 5.41) is 10.7. The second-order valence-electron chi connectivity index (χ2n) is 4.45. The molecule has 0 aliphatic heterocycles. The lowest BCUT2D eigenvalue weighted by molar-refractivity contribution is -0.134.